The number of hydrogen-bond acceptors (Lipinski definition) is 3. The summed E-state index contributed by atoms with van der Waals surface area (Å²) in [5.41, 5.74) is 0.504. The van der Waals surface area contributed by atoms with Gasteiger partial charge in [0, 0.05) is 11.6 Å². The number of ether oxygens (including phenoxy) is 2. The van der Waals surface area contributed by atoms with Crippen molar-refractivity contribution in [1.82, 2.24) is 0 Å². The van der Waals surface area contributed by atoms with Crippen LogP contribution in [0, 0.1) is 0 Å². The van der Waals surface area contributed by atoms with E-state index in [1.165, 1.54) is 7.11 Å². The van der Waals surface area contributed by atoms with Gasteiger partial charge in [-0.2, -0.15) is 0 Å². The SMILES string of the molecule is [2H]C([2H])([2H])OC(=O)/C=C(/Cl)c1c(OC)ccc2ccccc12. The van der Waals surface area contributed by atoms with Crippen LogP contribution in [-0.2, 0) is 9.53 Å². The summed E-state index contributed by atoms with van der Waals surface area (Å²) in [4.78, 5) is 11.6. The first-order chi connectivity index (χ1) is 10.3. The molecule has 0 spiro atoms. The highest BCUT2D eigenvalue weighted by molar-refractivity contribution is 6.51. The number of benzene rings is 2. The van der Waals surface area contributed by atoms with Crippen LogP contribution in [0.2, 0.25) is 0 Å². The van der Waals surface area contributed by atoms with Gasteiger partial charge in [-0.1, -0.05) is 41.9 Å². The minimum absolute atomic E-state index is 0.0444. The van der Waals surface area contributed by atoms with Crippen molar-refractivity contribution < 1.29 is 18.4 Å². The maximum atomic E-state index is 11.6. The summed E-state index contributed by atoms with van der Waals surface area (Å²) in [6, 6.07) is 11.0. The van der Waals surface area contributed by atoms with Crippen LogP contribution >= 0.6 is 11.6 Å². The first-order valence-electron chi connectivity index (χ1n) is 6.98. The fourth-order valence-corrected chi connectivity index (χ4v) is 2.16. The third-order valence-electron chi connectivity index (χ3n) is 2.69. The first-order valence-corrected chi connectivity index (χ1v) is 5.86. The molecule has 0 heterocycles. The second-order valence-electron chi connectivity index (χ2n) is 3.78. The van der Waals surface area contributed by atoms with Crippen molar-refractivity contribution in [3.63, 3.8) is 0 Å². The van der Waals surface area contributed by atoms with E-state index in [4.69, 9.17) is 20.5 Å². The predicted octanol–water partition coefficient (Wildman–Crippen LogP) is 3.60. The van der Waals surface area contributed by atoms with Crippen molar-refractivity contribution in [3.05, 3.63) is 48.0 Å². The zero-order chi connectivity index (χ0) is 16.3. The summed E-state index contributed by atoms with van der Waals surface area (Å²) in [7, 11) is -1.33. The van der Waals surface area contributed by atoms with Crippen molar-refractivity contribution in [1.29, 1.82) is 0 Å². The highest BCUT2D eigenvalue weighted by Crippen LogP contribution is 2.35. The molecule has 0 saturated carbocycles. The minimum atomic E-state index is -2.81. The third kappa shape index (κ3) is 2.71. The molecule has 4 heteroatoms. The quantitative estimate of drug-likeness (QED) is 0.636. The largest absolute Gasteiger partial charge is 0.496 e. The minimum Gasteiger partial charge on any atom is -0.496 e. The van der Waals surface area contributed by atoms with Crippen molar-refractivity contribution >= 4 is 33.4 Å². The summed E-state index contributed by atoms with van der Waals surface area (Å²) in [6.45, 7) is 0. The van der Waals surface area contributed by atoms with Crippen LogP contribution in [0.5, 0.6) is 5.75 Å². The topological polar surface area (TPSA) is 35.5 Å². The van der Waals surface area contributed by atoms with Crippen molar-refractivity contribution in [2.75, 3.05) is 14.1 Å². The van der Waals surface area contributed by atoms with Gasteiger partial charge in [-0.3, -0.25) is 0 Å². The molecule has 3 nitrogen and oxygen atoms in total. The van der Waals surface area contributed by atoms with Crippen molar-refractivity contribution in [2.45, 2.75) is 0 Å². The van der Waals surface area contributed by atoms with Gasteiger partial charge in [0.05, 0.1) is 23.3 Å². The number of hydrogen-bond donors (Lipinski definition) is 0. The van der Waals surface area contributed by atoms with Crippen LogP contribution in [0.3, 0.4) is 0 Å². The van der Waals surface area contributed by atoms with Crippen molar-refractivity contribution in [3.8, 4) is 5.75 Å². The zero-order valence-corrected chi connectivity index (χ0v) is 10.9. The molecule has 0 N–H and O–H groups in total. The van der Waals surface area contributed by atoms with Gasteiger partial charge >= 0.3 is 5.97 Å². The van der Waals surface area contributed by atoms with Gasteiger partial charge in [-0.25, -0.2) is 4.79 Å². The summed E-state index contributed by atoms with van der Waals surface area (Å²) < 4.78 is 30.3. The fourth-order valence-electron chi connectivity index (χ4n) is 1.87. The molecule has 0 saturated heterocycles. The number of rotatable bonds is 3. The lowest BCUT2D eigenvalue weighted by Gasteiger charge is -2.11. The Balaban J connectivity index is 2.50. The predicted molar refractivity (Wildman–Crippen MR) is 76.3 cm³/mol. The fraction of sp³-hybridized carbons (Fsp3) is 0.133. The average Bonchev–Trinajstić information content (AvgIpc) is 2.43. The summed E-state index contributed by atoms with van der Waals surface area (Å²) >= 11 is 6.19. The molecular weight excluding hydrogens is 264 g/mol. The second kappa shape index (κ2) is 5.76. The Labute approximate surface area is 120 Å². The molecule has 2 aromatic rings. The maximum Gasteiger partial charge on any atom is 0.332 e. The van der Waals surface area contributed by atoms with Gasteiger partial charge in [0.1, 0.15) is 5.75 Å². The lowest BCUT2D eigenvalue weighted by Crippen LogP contribution is -1.97. The molecule has 0 aliphatic heterocycles. The molecule has 0 aliphatic carbocycles. The van der Waals surface area contributed by atoms with E-state index >= 15 is 0 Å². The van der Waals surface area contributed by atoms with Gasteiger partial charge in [0.15, 0.2) is 0 Å². The highest BCUT2D eigenvalue weighted by atomic mass is 35.5. The Morgan fingerprint density at radius 3 is 2.84 bits per heavy atom. The normalized spacial score (nSPS) is 14.4. The van der Waals surface area contributed by atoms with Crippen LogP contribution in [0.4, 0.5) is 0 Å². The standard InChI is InChI=1S/C15H13ClO3/c1-18-13-8-7-10-5-3-4-6-11(10)15(13)12(16)9-14(17)19-2/h3-9H,1-2H3/b12-9+/i2D3. The first kappa shape index (κ1) is 9.87. The third-order valence-corrected chi connectivity index (χ3v) is 2.99. The van der Waals surface area contributed by atoms with Crippen molar-refractivity contribution in [2.24, 2.45) is 0 Å². The van der Waals surface area contributed by atoms with E-state index in [-0.39, 0.29) is 5.03 Å². The van der Waals surface area contributed by atoms with Gasteiger partial charge in [0.25, 0.3) is 0 Å². The molecular formula is C15H13ClO3. The molecule has 0 atom stereocenters. The average molecular weight is 280 g/mol. The molecule has 0 fully saturated rings. The summed E-state index contributed by atoms with van der Waals surface area (Å²) in [5, 5.41) is 1.74. The Morgan fingerprint density at radius 1 is 1.32 bits per heavy atom. The number of halogens is 1. The molecule has 0 aliphatic rings. The monoisotopic (exact) mass is 279 g/mol. The summed E-state index contributed by atoms with van der Waals surface area (Å²) in [5.74, 6) is -0.568. The molecule has 19 heavy (non-hydrogen) atoms. The molecule has 0 aromatic heterocycles. The van der Waals surface area contributed by atoms with Crippen LogP contribution < -0.4 is 4.74 Å². The van der Waals surface area contributed by atoms with Crippen LogP contribution in [0.1, 0.15) is 9.68 Å². The number of esters is 1. The van der Waals surface area contributed by atoms with E-state index in [1.54, 1.807) is 6.07 Å². The number of fused-ring (bicyclic) bond motifs is 1. The Hall–Kier alpha value is -2.00. The van der Waals surface area contributed by atoms with E-state index in [1.807, 2.05) is 30.3 Å². The van der Waals surface area contributed by atoms with Crippen LogP contribution in [0.25, 0.3) is 15.8 Å². The summed E-state index contributed by atoms with van der Waals surface area (Å²) in [6.07, 6.45) is 0.929. The number of methoxy groups -OCH3 is 2. The molecule has 0 radical (unpaired) electrons. The maximum absolute atomic E-state index is 11.6. The number of carbonyl (C=O) groups excluding carboxylic acids is 1. The van der Waals surface area contributed by atoms with E-state index < -0.39 is 13.0 Å². The Kier molecular flexibility index (Phi) is 2.99. The lowest BCUT2D eigenvalue weighted by atomic mass is 10.0. The highest BCUT2D eigenvalue weighted by Gasteiger charge is 2.12. The second-order valence-corrected chi connectivity index (χ2v) is 4.18. The smallest absolute Gasteiger partial charge is 0.332 e. The van der Waals surface area contributed by atoms with E-state index in [9.17, 15) is 4.79 Å². The van der Waals surface area contributed by atoms with E-state index in [2.05, 4.69) is 4.74 Å². The molecule has 2 rings (SSSR count). The van der Waals surface area contributed by atoms with Gasteiger partial charge in [0.2, 0.25) is 0 Å². The molecule has 98 valence electrons. The van der Waals surface area contributed by atoms with Gasteiger partial charge < -0.3 is 9.47 Å². The van der Waals surface area contributed by atoms with Crippen LogP contribution in [-0.4, -0.2) is 20.1 Å². The Bertz CT molecular complexity index is 738. The Morgan fingerprint density at radius 2 is 2.11 bits per heavy atom. The van der Waals surface area contributed by atoms with Gasteiger partial charge in [-0.15, -0.1) is 0 Å². The van der Waals surface area contributed by atoms with Gasteiger partial charge in [-0.05, 0) is 16.8 Å². The molecule has 0 bridgehead atoms. The molecule has 0 amide bonds. The van der Waals surface area contributed by atoms with E-state index in [0.717, 1.165) is 16.8 Å². The zero-order valence-electron chi connectivity index (χ0n) is 13.1. The molecule has 0 unspecified atom stereocenters. The molecule has 2 aromatic carbocycles. The van der Waals surface area contributed by atoms with E-state index in [0.29, 0.717) is 11.3 Å². The number of carbonyl (C=O) groups is 1. The lowest BCUT2D eigenvalue weighted by molar-refractivity contribution is -0.134. The van der Waals surface area contributed by atoms with Crippen LogP contribution in [0.15, 0.2) is 42.5 Å².